The van der Waals surface area contributed by atoms with E-state index >= 15 is 0 Å². The van der Waals surface area contributed by atoms with Gasteiger partial charge in [0.2, 0.25) is 5.91 Å². The molecule has 0 bridgehead atoms. The third-order valence-electron chi connectivity index (χ3n) is 2.79. The molecule has 0 saturated heterocycles. The minimum atomic E-state index is -0.156. The molecule has 1 aromatic heterocycles. The summed E-state index contributed by atoms with van der Waals surface area (Å²) in [5.74, 6) is -0.101. The molecular weight excluding hydrogens is 300 g/mol. The van der Waals surface area contributed by atoms with Gasteiger partial charge in [-0.05, 0) is 19.9 Å². The zero-order chi connectivity index (χ0) is 16.5. The Bertz CT molecular complexity index is 447. The van der Waals surface area contributed by atoms with Crippen molar-refractivity contribution >= 4 is 12.1 Å². The molecule has 0 radical (unpaired) electrons. The minimum absolute atomic E-state index is 0. The molecule has 0 saturated carbocycles. The predicted octanol–water partition coefficient (Wildman–Crippen LogP) is -0.849. The number of amides is 1. The molecule has 1 aromatic rings. The van der Waals surface area contributed by atoms with Gasteiger partial charge in [-0.2, -0.15) is 0 Å². The van der Waals surface area contributed by atoms with Crippen LogP contribution in [0.15, 0.2) is 38.0 Å². The molecule has 0 unspecified atom stereocenters. The minimum Gasteiger partial charge on any atom is -1.00 e. The summed E-state index contributed by atoms with van der Waals surface area (Å²) in [5, 5.41) is 2.91. The first-order valence-corrected chi connectivity index (χ1v) is 6.95. The first-order valence-electron chi connectivity index (χ1n) is 6.95. The van der Waals surface area contributed by atoms with Crippen molar-refractivity contribution < 1.29 is 21.7 Å². The van der Waals surface area contributed by atoms with Crippen molar-refractivity contribution in [3.63, 3.8) is 0 Å². The summed E-state index contributed by atoms with van der Waals surface area (Å²) >= 11 is 0. The average molecular weight is 329 g/mol. The standard InChI is InChI=1S/C11H22N2O.C5H6N2.ClH/c1-7-10(14)12-11(2,3)8-9-13(4,5)6;1-2-7-4-3-6-5-7;/h7H,1,8-9H2,2-6H3;2-5H,1H2;1H. The summed E-state index contributed by atoms with van der Waals surface area (Å²) in [7, 11) is 6.43. The molecule has 0 atom stereocenters. The van der Waals surface area contributed by atoms with Gasteiger partial charge in [0, 0.05) is 30.6 Å². The molecule has 1 N–H and O–H groups in total. The zero-order valence-corrected chi connectivity index (χ0v) is 15.1. The van der Waals surface area contributed by atoms with E-state index in [0.29, 0.717) is 0 Å². The van der Waals surface area contributed by atoms with Crippen molar-refractivity contribution in [3.05, 3.63) is 38.0 Å². The van der Waals surface area contributed by atoms with Gasteiger partial charge >= 0.3 is 0 Å². The molecular formula is C16H29ClN4O. The molecule has 1 heterocycles. The molecule has 0 fully saturated rings. The normalized spacial score (nSPS) is 10.6. The smallest absolute Gasteiger partial charge is 0.243 e. The van der Waals surface area contributed by atoms with Gasteiger partial charge in [-0.1, -0.05) is 13.2 Å². The van der Waals surface area contributed by atoms with Gasteiger partial charge in [0.05, 0.1) is 34.0 Å². The number of carbonyl (C=O) groups is 1. The van der Waals surface area contributed by atoms with Gasteiger partial charge < -0.3 is 26.8 Å². The van der Waals surface area contributed by atoms with Crippen LogP contribution < -0.4 is 17.7 Å². The molecule has 1 amide bonds. The van der Waals surface area contributed by atoms with Crippen LogP contribution in [0, 0.1) is 0 Å². The number of hydrogen-bond acceptors (Lipinski definition) is 2. The Kier molecular flexibility index (Phi) is 10.5. The summed E-state index contributed by atoms with van der Waals surface area (Å²) in [6, 6.07) is 0. The van der Waals surface area contributed by atoms with Gasteiger partial charge in [0.25, 0.3) is 0 Å². The lowest BCUT2D eigenvalue weighted by atomic mass is 10.00. The number of halogens is 1. The predicted molar refractivity (Wildman–Crippen MR) is 88.5 cm³/mol. The highest BCUT2D eigenvalue weighted by Gasteiger charge is 2.22. The molecule has 22 heavy (non-hydrogen) atoms. The Morgan fingerprint density at radius 3 is 2.27 bits per heavy atom. The number of hydrogen-bond donors (Lipinski definition) is 1. The lowest BCUT2D eigenvalue weighted by molar-refractivity contribution is -0.870. The Labute approximate surface area is 140 Å². The number of rotatable bonds is 6. The van der Waals surface area contributed by atoms with Crippen LogP contribution in [0.4, 0.5) is 0 Å². The lowest BCUT2D eigenvalue weighted by Crippen LogP contribution is -3.00. The maximum atomic E-state index is 11.1. The van der Waals surface area contributed by atoms with Crippen molar-refractivity contribution in [1.29, 1.82) is 0 Å². The third kappa shape index (κ3) is 12.2. The van der Waals surface area contributed by atoms with E-state index in [1.165, 1.54) is 6.08 Å². The summed E-state index contributed by atoms with van der Waals surface area (Å²) in [4.78, 5) is 14.9. The average Bonchev–Trinajstić information content (AvgIpc) is 2.89. The van der Waals surface area contributed by atoms with E-state index in [2.05, 4.69) is 44.6 Å². The number of nitrogens with one attached hydrogen (secondary N) is 1. The fourth-order valence-corrected chi connectivity index (χ4v) is 1.44. The summed E-state index contributed by atoms with van der Waals surface area (Å²) < 4.78 is 2.69. The van der Waals surface area contributed by atoms with Gasteiger partial charge in [0.15, 0.2) is 0 Å². The van der Waals surface area contributed by atoms with Crippen LogP contribution in [0.2, 0.25) is 0 Å². The maximum Gasteiger partial charge on any atom is 0.243 e. The Morgan fingerprint density at radius 2 is 1.95 bits per heavy atom. The Morgan fingerprint density at radius 1 is 1.36 bits per heavy atom. The van der Waals surface area contributed by atoms with E-state index in [9.17, 15) is 4.79 Å². The van der Waals surface area contributed by atoms with Crippen molar-refractivity contribution in [2.75, 3.05) is 27.7 Å². The van der Waals surface area contributed by atoms with Gasteiger partial charge in [-0.15, -0.1) is 0 Å². The molecule has 6 heteroatoms. The fourth-order valence-electron chi connectivity index (χ4n) is 1.44. The second-order valence-corrected chi connectivity index (χ2v) is 6.53. The molecule has 1 rings (SSSR count). The first-order chi connectivity index (χ1) is 9.59. The van der Waals surface area contributed by atoms with E-state index in [-0.39, 0.29) is 23.9 Å². The highest BCUT2D eigenvalue weighted by atomic mass is 35.5. The zero-order valence-electron chi connectivity index (χ0n) is 14.3. The van der Waals surface area contributed by atoms with Crippen LogP contribution in [0.3, 0.4) is 0 Å². The number of aromatic nitrogens is 2. The number of carbonyl (C=O) groups excluding carboxylic acids is 1. The van der Waals surface area contributed by atoms with E-state index < -0.39 is 0 Å². The van der Waals surface area contributed by atoms with Gasteiger partial charge in [-0.25, -0.2) is 4.98 Å². The lowest BCUT2D eigenvalue weighted by Gasteiger charge is -2.31. The molecule has 0 spiro atoms. The van der Waals surface area contributed by atoms with Crippen LogP contribution in [0.25, 0.3) is 6.20 Å². The van der Waals surface area contributed by atoms with E-state index in [1.807, 2.05) is 20.0 Å². The summed E-state index contributed by atoms with van der Waals surface area (Å²) in [6.07, 6.45) is 9.18. The SMILES string of the molecule is C=CC(=O)NC(C)(C)CC[N+](C)(C)C.C=Cn1ccnc1.[Cl-]. The van der Waals surface area contributed by atoms with Crippen LogP contribution >= 0.6 is 0 Å². The number of imidazole rings is 1. The van der Waals surface area contributed by atoms with Crippen molar-refractivity contribution in [3.8, 4) is 0 Å². The van der Waals surface area contributed by atoms with Crippen LogP contribution in [0.5, 0.6) is 0 Å². The van der Waals surface area contributed by atoms with Crippen LogP contribution in [0.1, 0.15) is 20.3 Å². The van der Waals surface area contributed by atoms with E-state index in [0.717, 1.165) is 17.4 Å². The second kappa shape index (κ2) is 10.2. The van der Waals surface area contributed by atoms with Crippen molar-refractivity contribution in [2.45, 2.75) is 25.8 Å². The number of nitrogens with zero attached hydrogens (tertiary/aromatic N) is 3. The molecule has 0 aromatic carbocycles. The van der Waals surface area contributed by atoms with E-state index in [4.69, 9.17) is 0 Å². The van der Waals surface area contributed by atoms with E-state index in [1.54, 1.807) is 23.3 Å². The fraction of sp³-hybridized carbons (Fsp3) is 0.500. The molecule has 0 aliphatic carbocycles. The summed E-state index contributed by atoms with van der Waals surface area (Å²) in [5.41, 5.74) is -0.156. The quantitative estimate of drug-likeness (QED) is 0.546. The first kappa shape index (κ1) is 22.7. The number of quaternary nitrogens is 1. The monoisotopic (exact) mass is 328 g/mol. The van der Waals surface area contributed by atoms with Crippen LogP contribution in [-0.2, 0) is 4.79 Å². The topological polar surface area (TPSA) is 46.9 Å². The highest BCUT2D eigenvalue weighted by molar-refractivity contribution is 5.87. The molecule has 0 aliphatic rings. The summed E-state index contributed by atoms with van der Waals surface area (Å²) in [6.45, 7) is 12.1. The third-order valence-corrected chi connectivity index (χ3v) is 2.79. The van der Waals surface area contributed by atoms with Crippen molar-refractivity contribution in [1.82, 2.24) is 14.9 Å². The Hall–Kier alpha value is -1.59. The Balaban J connectivity index is 0. The second-order valence-electron chi connectivity index (χ2n) is 6.53. The van der Waals surface area contributed by atoms with Gasteiger partial charge in [0.1, 0.15) is 0 Å². The van der Waals surface area contributed by atoms with Gasteiger partial charge in [-0.3, -0.25) is 4.79 Å². The molecule has 126 valence electrons. The molecule has 0 aliphatic heterocycles. The largest absolute Gasteiger partial charge is 1.00 e. The maximum absolute atomic E-state index is 11.1. The highest BCUT2D eigenvalue weighted by Crippen LogP contribution is 2.10. The van der Waals surface area contributed by atoms with Crippen LogP contribution in [-0.4, -0.2) is 53.2 Å². The van der Waals surface area contributed by atoms with Crippen molar-refractivity contribution in [2.24, 2.45) is 0 Å². The molecule has 5 nitrogen and oxygen atoms in total.